The molecule has 0 aliphatic heterocycles. The molecule has 4 heteroatoms. The largest absolute Gasteiger partial charge is 0.426 e. The highest BCUT2D eigenvalue weighted by Gasteiger charge is 2.23. The third kappa shape index (κ3) is 8.87. The molecule has 136 valence electrons. The van der Waals surface area contributed by atoms with E-state index in [0.29, 0.717) is 11.3 Å². The summed E-state index contributed by atoms with van der Waals surface area (Å²) in [5, 5.41) is 0. The first-order valence-electron chi connectivity index (χ1n) is 8.43. The summed E-state index contributed by atoms with van der Waals surface area (Å²) in [4.78, 5) is 23.0. The zero-order chi connectivity index (χ0) is 19.4. The number of esters is 1. The maximum atomic E-state index is 11.9. The van der Waals surface area contributed by atoms with Crippen LogP contribution in [0, 0.1) is 27.1 Å². The van der Waals surface area contributed by atoms with Gasteiger partial charge in [0.05, 0.1) is 11.0 Å². The fourth-order valence-corrected chi connectivity index (χ4v) is 2.08. The van der Waals surface area contributed by atoms with E-state index in [1.807, 2.05) is 22.6 Å². The lowest BCUT2D eigenvalue weighted by Crippen LogP contribution is -2.25. The molecule has 0 fully saturated rings. The average molecular weight is 462 g/mol. The van der Waals surface area contributed by atoms with Crippen LogP contribution in [0.25, 0.3) is 6.08 Å². The van der Waals surface area contributed by atoms with Crippen LogP contribution in [-0.4, -0.2) is 12.3 Å². The highest BCUT2D eigenvalue weighted by molar-refractivity contribution is 14.1. The zero-order valence-electron chi connectivity index (χ0n) is 15.4. The molecule has 0 saturated heterocycles. The van der Waals surface area contributed by atoms with Gasteiger partial charge in [-0.1, -0.05) is 29.9 Å². The summed E-state index contributed by atoms with van der Waals surface area (Å²) in [6, 6.07) is 7.00. The van der Waals surface area contributed by atoms with Crippen molar-refractivity contribution in [2.24, 2.45) is 5.41 Å². The molecule has 0 heterocycles. The van der Waals surface area contributed by atoms with E-state index in [-0.39, 0.29) is 5.97 Å². The van der Waals surface area contributed by atoms with E-state index in [1.54, 1.807) is 51.1 Å². The number of carbonyl (C=O) groups is 2. The Morgan fingerprint density at radius 1 is 1.12 bits per heavy atom. The molecule has 0 aliphatic rings. The monoisotopic (exact) mass is 462 g/mol. The van der Waals surface area contributed by atoms with Gasteiger partial charge in [-0.05, 0) is 61.3 Å². The molecule has 1 aromatic carbocycles. The Hall–Kier alpha value is -2.05. The highest BCUT2D eigenvalue weighted by atomic mass is 127. The lowest BCUT2D eigenvalue weighted by Gasteiger charge is -2.16. The predicted octanol–water partition coefficient (Wildman–Crippen LogP) is 5.18. The molecule has 1 rings (SSSR count). The SMILES string of the molecule is CC(C)(C)C(=O)Oc1ccc(/C=C(\C#CCCCCC#CI)C=O)cc1. The van der Waals surface area contributed by atoms with Gasteiger partial charge >= 0.3 is 5.97 Å². The second-order valence-electron chi connectivity index (χ2n) is 6.71. The van der Waals surface area contributed by atoms with E-state index in [2.05, 4.69) is 21.7 Å². The number of hydrogen-bond acceptors (Lipinski definition) is 3. The van der Waals surface area contributed by atoms with Crippen LogP contribution in [0.2, 0.25) is 0 Å². The van der Waals surface area contributed by atoms with Crippen molar-refractivity contribution in [3.8, 4) is 27.4 Å². The first kappa shape index (κ1) is 22.0. The average Bonchev–Trinajstić information content (AvgIpc) is 2.60. The number of hydrogen-bond donors (Lipinski definition) is 0. The van der Waals surface area contributed by atoms with Crippen LogP contribution < -0.4 is 4.74 Å². The lowest BCUT2D eigenvalue weighted by molar-refractivity contribution is -0.143. The minimum absolute atomic E-state index is 0.287. The Bertz CT molecular complexity index is 760. The van der Waals surface area contributed by atoms with Crippen LogP contribution in [0.5, 0.6) is 5.75 Å². The Morgan fingerprint density at radius 2 is 1.73 bits per heavy atom. The molecule has 0 saturated carbocycles. The Labute approximate surface area is 169 Å². The Morgan fingerprint density at radius 3 is 2.27 bits per heavy atom. The van der Waals surface area contributed by atoms with Crippen molar-refractivity contribution < 1.29 is 14.3 Å². The summed E-state index contributed by atoms with van der Waals surface area (Å²) >= 11 is 2.03. The second kappa shape index (κ2) is 11.5. The molecule has 0 bridgehead atoms. The Balaban J connectivity index is 2.65. The summed E-state index contributed by atoms with van der Waals surface area (Å²) < 4.78 is 8.15. The standard InChI is InChI=1S/C22H23IO3/c1-22(2,3)21(25)26-20-13-11-18(12-14-20)16-19(17-24)10-8-6-4-5-7-9-15-23/h11-14,16-17H,4-7H2,1-3H3/b19-16+. The van der Waals surface area contributed by atoms with Gasteiger partial charge < -0.3 is 4.74 Å². The molecule has 1 aromatic rings. The minimum Gasteiger partial charge on any atom is -0.426 e. The summed E-state index contributed by atoms with van der Waals surface area (Å²) in [6.07, 6.45) is 6.08. The van der Waals surface area contributed by atoms with E-state index < -0.39 is 5.41 Å². The van der Waals surface area contributed by atoms with Gasteiger partial charge in [-0.25, -0.2) is 0 Å². The Kier molecular flexibility index (Phi) is 9.76. The molecule has 3 nitrogen and oxygen atoms in total. The molecule has 0 atom stereocenters. The maximum absolute atomic E-state index is 11.9. The third-order valence-electron chi connectivity index (χ3n) is 3.31. The van der Waals surface area contributed by atoms with Crippen LogP contribution in [0.4, 0.5) is 0 Å². The molecule has 0 radical (unpaired) electrons. The van der Waals surface area contributed by atoms with Crippen molar-refractivity contribution in [1.29, 1.82) is 0 Å². The van der Waals surface area contributed by atoms with Gasteiger partial charge in [0.25, 0.3) is 0 Å². The number of carbonyl (C=O) groups excluding carboxylic acids is 2. The van der Waals surface area contributed by atoms with Crippen LogP contribution >= 0.6 is 22.6 Å². The van der Waals surface area contributed by atoms with Crippen molar-refractivity contribution in [1.82, 2.24) is 0 Å². The number of rotatable bonds is 6. The van der Waals surface area contributed by atoms with Crippen molar-refractivity contribution in [3.05, 3.63) is 35.4 Å². The van der Waals surface area contributed by atoms with Gasteiger partial charge in [-0.3, -0.25) is 9.59 Å². The third-order valence-corrected chi connectivity index (χ3v) is 3.69. The molecule has 26 heavy (non-hydrogen) atoms. The molecule has 0 spiro atoms. The zero-order valence-corrected chi connectivity index (χ0v) is 17.6. The smallest absolute Gasteiger partial charge is 0.316 e. The first-order chi connectivity index (χ1) is 12.4. The quantitative estimate of drug-likeness (QED) is 0.111. The molecular weight excluding hydrogens is 439 g/mol. The van der Waals surface area contributed by atoms with Gasteiger partial charge in [0, 0.05) is 35.4 Å². The lowest BCUT2D eigenvalue weighted by atomic mass is 9.97. The predicted molar refractivity (Wildman–Crippen MR) is 114 cm³/mol. The first-order valence-corrected chi connectivity index (χ1v) is 9.51. The number of aldehydes is 1. The number of ether oxygens (including phenoxy) is 1. The van der Waals surface area contributed by atoms with E-state index in [1.165, 1.54) is 0 Å². The maximum Gasteiger partial charge on any atom is 0.316 e. The normalized spacial score (nSPS) is 10.8. The van der Waals surface area contributed by atoms with Gasteiger partial charge in [0.2, 0.25) is 0 Å². The second-order valence-corrected chi connectivity index (χ2v) is 7.25. The van der Waals surface area contributed by atoms with Gasteiger partial charge in [-0.2, -0.15) is 0 Å². The van der Waals surface area contributed by atoms with Crippen molar-refractivity contribution in [3.63, 3.8) is 0 Å². The van der Waals surface area contributed by atoms with Crippen LogP contribution in [0.3, 0.4) is 0 Å². The van der Waals surface area contributed by atoms with E-state index in [9.17, 15) is 9.59 Å². The van der Waals surface area contributed by atoms with Crippen molar-refractivity contribution >= 4 is 40.9 Å². The molecule has 0 amide bonds. The van der Waals surface area contributed by atoms with E-state index in [4.69, 9.17) is 4.74 Å². The van der Waals surface area contributed by atoms with Gasteiger partial charge in [0.15, 0.2) is 6.29 Å². The van der Waals surface area contributed by atoms with Crippen molar-refractivity contribution in [2.45, 2.75) is 46.5 Å². The van der Waals surface area contributed by atoms with E-state index in [0.717, 1.165) is 37.5 Å². The minimum atomic E-state index is -0.554. The highest BCUT2D eigenvalue weighted by Crippen LogP contribution is 2.20. The van der Waals surface area contributed by atoms with Crippen LogP contribution in [0.1, 0.15) is 52.0 Å². The van der Waals surface area contributed by atoms with Crippen LogP contribution in [-0.2, 0) is 9.59 Å². The van der Waals surface area contributed by atoms with E-state index >= 15 is 0 Å². The number of unbranched alkanes of at least 4 members (excludes halogenated alkanes) is 3. The molecule has 0 aromatic heterocycles. The summed E-state index contributed by atoms with van der Waals surface area (Å²) in [5.41, 5.74) is 0.701. The van der Waals surface area contributed by atoms with Crippen molar-refractivity contribution in [2.75, 3.05) is 0 Å². The molecule has 0 aliphatic carbocycles. The summed E-state index contributed by atoms with van der Waals surface area (Å²) in [5.74, 6) is 9.11. The number of benzene rings is 1. The number of halogens is 1. The van der Waals surface area contributed by atoms with Gasteiger partial charge in [0.1, 0.15) is 5.75 Å². The topological polar surface area (TPSA) is 43.4 Å². The van der Waals surface area contributed by atoms with Crippen LogP contribution in [0.15, 0.2) is 29.8 Å². The van der Waals surface area contributed by atoms with Gasteiger partial charge in [-0.15, -0.1) is 0 Å². The summed E-state index contributed by atoms with van der Waals surface area (Å²) in [7, 11) is 0. The fourth-order valence-electron chi connectivity index (χ4n) is 1.81. The summed E-state index contributed by atoms with van der Waals surface area (Å²) in [6.45, 7) is 5.41. The molecule has 0 N–H and O–H groups in total. The fraction of sp³-hybridized carbons (Fsp3) is 0.364. The number of allylic oxidation sites excluding steroid dienone is 1. The molecular formula is C22H23IO3. The molecule has 0 unspecified atom stereocenters.